The first kappa shape index (κ1) is 15.6. The van der Waals surface area contributed by atoms with Crippen LogP contribution in [0, 0.1) is 6.92 Å². The van der Waals surface area contributed by atoms with Crippen molar-refractivity contribution in [2.45, 2.75) is 25.8 Å². The monoisotopic (exact) mass is 329 g/mol. The topological polar surface area (TPSA) is 66.4 Å². The number of benzene rings is 2. The molecular formula is C18H16ClNO3. The minimum atomic E-state index is -0.959. The zero-order valence-corrected chi connectivity index (χ0v) is 13.4. The van der Waals surface area contributed by atoms with E-state index in [2.05, 4.69) is 5.32 Å². The minimum Gasteiger partial charge on any atom is -0.478 e. The molecule has 0 saturated carbocycles. The second-order valence-electron chi connectivity index (χ2n) is 5.71. The van der Waals surface area contributed by atoms with Crippen LogP contribution in [-0.2, 0) is 6.42 Å². The molecule has 118 valence electrons. The number of nitrogens with one attached hydrogen (secondary N) is 1. The van der Waals surface area contributed by atoms with Gasteiger partial charge in [-0.15, -0.1) is 0 Å². The SMILES string of the molecule is Cc1cc(C(=O)O)cc2c1CC[C@H]2NC(=O)c1ccccc1Cl. The van der Waals surface area contributed by atoms with E-state index >= 15 is 0 Å². The van der Waals surface area contributed by atoms with Gasteiger partial charge in [-0.1, -0.05) is 23.7 Å². The molecule has 1 amide bonds. The summed E-state index contributed by atoms with van der Waals surface area (Å²) in [5, 5.41) is 12.6. The number of carbonyl (C=O) groups excluding carboxylic acids is 1. The lowest BCUT2D eigenvalue weighted by molar-refractivity contribution is 0.0696. The van der Waals surface area contributed by atoms with Crippen LogP contribution in [0.4, 0.5) is 0 Å². The molecule has 0 bridgehead atoms. The summed E-state index contributed by atoms with van der Waals surface area (Å²) in [6.45, 7) is 1.91. The molecule has 1 aliphatic carbocycles. The van der Waals surface area contributed by atoms with Crippen LogP contribution >= 0.6 is 11.6 Å². The number of rotatable bonds is 3. The Kier molecular flexibility index (Phi) is 4.09. The molecule has 0 radical (unpaired) electrons. The maximum atomic E-state index is 12.4. The number of halogens is 1. The summed E-state index contributed by atoms with van der Waals surface area (Å²) in [5.74, 6) is -1.20. The zero-order chi connectivity index (χ0) is 16.6. The van der Waals surface area contributed by atoms with Gasteiger partial charge in [0.2, 0.25) is 0 Å². The quantitative estimate of drug-likeness (QED) is 0.901. The van der Waals surface area contributed by atoms with Crippen molar-refractivity contribution in [3.63, 3.8) is 0 Å². The highest BCUT2D eigenvalue weighted by Gasteiger charge is 2.27. The van der Waals surface area contributed by atoms with E-state index in [1.54, 1.807) is 36.4 Å². The number of amides is 1. The largest absolute Gasteiger partial charge is 0.478 e. The molecule has 0 heterocycles. The third-order valence-corrected chi connectivity index (χ3v) is 4.57. The van der Waals surface area contributed by atoms with Gasteiger partial charge < -0.3 is 10.4 Å². The Labute approximate surface area is 139 Å². The van der Waals surface area contributed by atoms with Crippen LogP contribution < -0.4 is 5.32 Å². The first-order valence-electron chi connectivity index (χ1n) is 7.39. The maximum Gasteiger partial charge on any atom is 0.335 e. The highest BCUT2D eigenvalue weighted by molar-refractivity contribution is 6.33. The third kappa shape index (κ3) is 2.94. The predicted octanol–water partition coefficient (Wildman–Crippen LogP) is 3.76. The Morgan fingerprint density at radius 3 is 2.70 bits per heavy atom. The van der Waals surface area contributed by atoms with E-state index in [4.69, 9.17) is 11.6 Å². The van der Waals surface area contributed by atoms with Crippen LogP contribution in [0.3, 0.4) is 0 Å². The van der Waals surface area contributed by atoms with Crippen molar-refractivity contribution in [2.75, 3.05) is 0 Å². The minimum absolute atomic E-state index is 0.188. The fourth-order valence-corrected chi connectivity index (χ4v) is 3.32. The van der Waals surface area contributed by atoms with Crippen molar-refractivity contribution in [1.82, 2.24) is 5.32 Å². The van der Waals surface area contributed by atoms with Gasteiger partial charge in [-0.05, 0) is 60.7 Å². The molecule has 2 aromatic rings. The molecule has 0 unspecified atom stereocenters. The second kappa shape index (κ2) is 6.05. The van der Waals surface area contributed by atoms with Crippen molar-refractivity contribution < 1.29 is 14.7 Å². The van der Waals surface area contributed by atoms with Crippen LogP contribution in [0.25, 0.3) is 0 Å². The molecule has 0 aromatic heterocycles. The molecule has 1 atom stereocenters. The molecule has 2 aromatic carbocycles. The van der Waals surface area contributed by atoms with Gasteiger partial charge in [0.25, 0.3) is 5.91 Å². The average Bonchev–Trinajstić information content (AvgIpc) is 2.91. The van der Waals surface area contributed by atoms with E-state index in [9.17, 15) is 14.7 Å². The summed E-state index contributed by atoms with van der Waals surface area (Å²) in [6, 6.07) is 10.0. The first-order valence-corrected chi connectivity index (χ1v) is 7.77. The number of aromatic carboxylic acids is 1. The Morgan fingerprint density at radius 1 is 1.26 bits per heavy atom. The van der Waals surface area contributed by atoms with Gasteiger partial charge >= 0.3 is 5.97 Å². The van der Waals surface area contributed by atoms with Crippen LogP contribution in [-0.4, -0.2) is 17.0 Å². The first-order chi connectivity index (χ1) is 11.0. The summed E-state index contributed by atoms with van der Waals surface area (Å²) < 4.78 is 0. The number of carboxylic acids is 1. The summed E-state index contributed by atoms with van der Waals surface area (Å²) in [4.78, 5) is 23.7. The van der Waals surface area contributed by atoms with E-state index in [0.717, 1.165) is 29.5 Å². The van der Waals surface area contributed by atoms with Gasteiger partial charge in [-0.25, -0.2) is 4.79 Å². The van der Waals surface area contributed by atoms with Gasteiger partial charge in [-0.3, -0.25) is 4.79 Å². The standard InChI is InChI=1S/C18H16ClNO3/c1-10-8-11(18(22)23)9-14-12(10)6-7-16(14)20-17(21)13-4-2-3-5-15(13)19/h2-5,8-9,16H,6-7H2,1H3,(H,20,21)(H,22,23)/t16-/m1/s1. The number of hydrogen-bond donors (Lipinski definition) is 2. The summed E-state index contributed by atoms with van der Waals surface area (Å²) >= 11 is 6.06. The van der Waals surface area contributed by atoms with E-state index in [0.29, 0.717) is 10.6 Å². The van der Waals surface area contributed by atoms with E-state index in [-0.39, 0.29) is 17.5 Å². The summed E-state index contributed by atoms with van der Waals surface area (Å²) in [5.41, 5.74) is 3.64. The van der Waals surface area contributed by atoms with Crippen molar-refractivity contribution in [3.8, 4) is 0 Å². The normalized spacial score (nSPS) is 16.0. The fraction of sp³-hybridized carbons (Fsp3) is 0.222. The van der Waals surface area contributed by atoms with Gasteiger partial charge in [0.15, 0.2) is 0 Å². The molecule has 0 aliphatic heterocycles. The fourth-order valence-electron chi connectivity index (χ4n) is 3.10. The van der Waals surface area contributed by atoms with Gasteiger partial charge in [0.1, 0.15) is 0 Å². The lowest BCUT2D eigenvalue weighted by Crippen LogP contribution is -2.27. The van der Waals surface area contributed by atoms with Crippen LogP contribution in [0.1, 0.15) is 49.9 Å². The number of fused-ring (bicyclic) bond motifs is 1. The van der Waals surface area contributed by atoms with E-state index < -0.39 is 5.97 Å². The zero-order valence-electron chi connectivity index (χ0n) is 12.6. The van der Waals surface area contributed by atoms with E-state index in [1.165, 1.54) is 0 Å². The van der Waals surface area contributed by atoms with Gasteiger partial charge in [0, 0.05) is 0 Å². The van der Waals surface area contributed by atoms with Gasteiger partial charge in [0.05, 0.1) is 22.2 Å². The molecule has 5 heteroatoms. The third-order valence-electron chi connectivity index (χ3n) is 4.24. The Balaban J connectivity index is 1.89. The van der Waals surface area contributed by atoms with Crippen molar-refractivity contribution in [1.29, 1.82) is 0 Å². The van der Waals surface area contributed by atoms with Crippen LogP contribution in [0.2, 0.25) is 5.02 Å². The number of hydrogen-bond acceptors (Lipinski definition) is 2. The van der Waals surface area contributed by atoms with Crippen LogP contribution in [0.15, 0.2) is 36.4 Å². The van der Waals surface area contributed by atoms with Gasteiger partial charge in [-0.2, -0.15) is 0 Å². The predicted molar refractivity (Wildman–Crippen MR) is 88.1 cm³/mol. The lowest BCUT2D eigenvalue weighted by Gasteiger charge is -2.16. The van der Waals surface area contributed by atoms with E-state index in [1.807, 2.05) is 6.92 Å². The number of carboxylic acid groups (broad SMARTS) is 1. The molecule has 0 fully saturated rings. The number of carbonyl (C=O) groups is 2. The smallest absolute Gasteiger partial charge is 0.335 e. The Morgan fingerprint density at radius 2 is 2.00 bits per heavy atom. The number of aryl methyl sites for hydroxylation is 1. The molecule has 0 saturated heterocycles. The van der Waals surface area contributed by atoms with Crippen molar-refractivity contribution >= 4 is 23.5 Å². The summed E-state index contributed by atoms with van der Waals surface area (Å²) in [7, 11) is 0. The van der Waals surface area contributed by atoms with Crippen molar-refractivity contribution in [2.24, 2.45) is 0 Å². The molecule has 23 heavy (non-hydrogen) atoms. The lowest BCUT2D eigenvalue weighted by atomic mass is 9.99. The second-order valence-corrected chi connectivity index (χ2v) is 6.12. The molecule has 2 N–H and O–H groups in total. The molecule has 0 spiro atoms. The molecule has 1 aliphatic rings. The maximum absolute atomic E-state index is 12.4. The molecule has 3 rings (SSSR count). The van der Waals surface area contributed by atoms with Crippen LogP contribution in [0.5, 0.6) is 0 Å². The summed E-state index contributed by atoms with van der Waals surface area (Å²) in [6.07, 6.45) is 1.59. The molecular weight excluding hydrogens is 314 g/mol. The highest BCUT2D eigenvalue weighted by Crippen LogP contribution is 2.34. The molecule has 4 nitrogen and oxygen atoms in total. The Bertz CT molecular complexity index is 801. The Hall–Kier alpha value is -2.33. The van der Waals surface area contributed by atoms with Crippen molar-refractivity contribution in [3.05, 3.63) is 69.2 Å². The average molecular weight is 330 g/mol. The highest BCUT2D eigenvalue weighted by atomic mass is 35.5.